The van der Waals surface area contributed by atoms with Crippen molar-refractivity contribution in [3.05, 3.63) is 101 Å². The number of nitrogens with zero attached hydrogens (tertiary/aromatic N) is 6. The normalized spacial score (nSPS) is 11.0. The molecule has 0 aliphatic carbocycles. The highest BCUT2D eigenvalue weighted by molar-refractivity contribution is 5.35. The Bertz CT molecular complexity index is 973. The van der Waals surface area contributed by atoms with Gasteiger partial charge in [0.1, 0.15) is 12.4 Å². The Hall–Kier alpha value is -3.81. The summed E-state index contributed by atoms with van der Waals surface area (Å²) in [5.41, 5.74) is 1.89. The van der Waals surface area contributed by atoms with Crippen molar-refractivity contribution >= 4 is 5.95 Å². The molecular weight excluding hydrogens is 332 g/mol. The van der Waals surface area contributed by atoms with Crippen LogP contribution in [0, 0.1) is 10.1 Å². The molecule has 26 heavy (non-hydrogen) atoms. The summed E-state index contributed by atoms with van der Waals surface area (Å²) < 4.78 is 3.17. The standard InChI is InChI=1S/C18H14N6O2/c25-24(26)17-20-18(22-12-11-19-13-22)23(21-17)16(14-7-3-1-4-8-14)15-9-5-2-6-10-15/h1-13,16H. The van der Waals surface area contributed by atoms with Gasteiger partial charge in [-0.3, -0.25) is 4.57 Å². The van der Waals surface area contributed by atoms with Crippen LogP contribution in [0.25, 0.3) is 5.95 Å². The lowest BCUT2D eigenvalue weighted by molar-refractivity contribution is -0.394. The SMILES string of the molecule is O=[N+]([O-])c1nc(-n2ccnc2)n(C(c2ccccc2)c2ccccc2)n1. The maximum Gasteiger partial charge on any atom is 0.493 e. The second kappa shape index (κ2) is 6.60. The van der Waals surface area contributed by atoms with Crippen LogP contribution in [0.15, 0.2) is 79.4 Å². The second-order valence-corrected chi connectivity index (χ2v) is 5.61. The molecule has 4 rings (SSSR count). The topological polar surface area (TPSA) is 91.7 Å². The highest BCUT2D eigenvalue weighted by Crippen LogP contribution is 2.29. The summed E-state index contributed by atoms with van der Waals surface area (Å²) in [6.07, 6.45) is 4.81. The molecule has 0 N–H and O–H groups in total. The number of hydrogen-bond acceptors (Lipinski definition) is 5. The van der Waals surface area contributed by atoms with Crippen molar-refractivity contribution in [1.82, 2.24) is 24.3 Å². The van der Waals surface area contributed by atoms with Gasteiger partial charge in [-0.15, -0.1) is 4.68 Å². The van der Waals surface area contributed by atoms with Crippen molar-refractivity contribution in [2.75, 3.05) is 0 Å². The second-order valence-electron chi connectivity index (χ2n) is 5.61. The lowest BCUT2D eigenvalue weighted by atomic mass is 9.99. The molecule has 0 saturated carbocycles. The average Bonchev–Trinajstić information content (AvgIpc) is 3.33. The summed E-state index contributed by atoms with van der Waals surface area (Å²) in [4.78, 5) is 18.8. The molecule has 4 aromatic rings. The minimum atomic E-state index is -0.593. The van der Waals surface area contributed by atoms with Gasteiger partial charge in [-0.05, 0) is 21.0 Å². The Kier molecular flexibility index (Phi) is 3.98. The molecule has 2 aromatic carbocycles. The fourth-order valence-electron chi connectivity index (χ4n) is 2.85. The van der Waals surface area contributed by atoms with E-state index in [1.54, 1.807) is 21.6 Å². The smallest absolute Gasteiger partial charge is 0.390 e. The van der Waals surface area contributed by atoms with Crippen LogP contribution in [0.4, 0.5) is 5.95 Å². The predicted molar refractivity (Wildman–Crippen MR) is 93.9 cm³/mol. The maximum atomic E-state index is 11.3. The Morgan fingerprint density at radius 1 is 0.962 bits per heavy atom. The summed E-state index contributed by atoms with van der Waals surface area (Å²) in [6.45, 7) is 0. The molecule has 8 nitrogen and oxygen atoms in total. The summed E-state index contributed by atoms with van der Waals surface area (Å²) >= 11 is 0. The van der Waals surface area contributed by atoms with Gasteiger partial charge in [0.05, 0.1) is 0 Å². The molecule has 2 heterocycles. The van der Waals surface area contributed by atoms with Gasteiger partial charge in [-0.1, -0.05) is 60.7 Å². The largest absolute Gasteiger partial charge is 0.493 e. The van der Waals surface area contributed by atoms with E-state index in [9.17, 15) is 10.1 Å². The maximum absolute atomic E-state index is 11.3. The highest BCUT2D eigenvalue weighted by atomic mass is 16.6. The molecule has 0 radical (unpaired) electrons. The Morgan fingerprint density at radius 2 is 1.58 bits per heavy atom. The van der Waals surface area contributed by atoms with Gasteiger partial charge >= 0.3 is 11.9 Å². The van der Waals surface area contributed by atoms with E-state index in [1.807, 2.05) is 60.7 Å². The number of benzene rings is 2. The van der Waals surface area contributed by atoms with E-state index in [1.165, 1.54) is 6.33 Å². The van der Waals surface area contributed by atoms with Crippen LogP contribution in [0.2, 0.25) is 0 Å². The van der Waals surface area contributed by atoms with Crippen LogP contribution in [-0.2, 0) is 0 Å². The van der Waals surface area contributed by atoms with Crippen molar-refractivity contribution in [1.29, 1.82) is 0 Å². The van der Waals surface area contributed by atoms with E-state index >= 15 is 0 Å². The molecule has 0 aliphatic rings. The van der Waals surface area contributed by atoms with Crippen LogP contribution < -0.4 is 0 Å². The lowest BCUT2D eigenvalue weighted by Gasteiger charge is -2.17. The van der Waals surface area contributed by atoms with E-state index in [-0.39, 0.29) is 6.04 Å². The van der Waals surface area contributed by atoms with E-state index in [0.717, 1.165) is 11.1 Å². The van der Waals surface area contributed by atoms with Crippen LogP contribution >= 0.6 is 0 Å². The van der Waals surface area contributed by atoms with Gasteiger partial charge in [0.15, 0.2) is 0 Å². The summed E-state index contributed by atoms with van der Waals surface area (Å²) in [5, 5.41) is 15.5. The highest BCUT2D eigenvalue weighted by Gasteiger charge is 2.30. The quantitative estimate of drug-likeness (QED) is 0.409. The minimum Gasteiger partial charge on any atom is -0.390 e. The molecule has 0 bridgehead atoms. The van der Waals surface area contributed by atoms with E-state index in [0.29, 0.717) is 5.95 Å². The van der Waals surface area contributed by atoms with Crippen molar-refractivity contribution in [2.24, 2.45) is 0 Å². The van der Waals surface area contributed by atoms with E-state index in [4.69, 9.17) is 0 Å². The monoisotopic (exact) mass is 346 g/mol. The molecule has 0 atom stereocenters. The van der Waals surface area contributed by atoms with Gasteiger partial charge in [-0.2, -0.15) is 0 Å². The first-order valence-electron chi connectivity index (χ1n) is 7.93. The molecule has 2 aromatic heterocycles. The molecule has 8 heteroatoms. The van der Waals surface area contributed by atoms with Crippen molar-refractivity contribution in [3.8, 4) is 5.95 Å². The minimum absolute atomic E-state index is 0.326. The summed E-state index contributed by atoms with van der Waals surface area (Å²) in [5.74, 6) is -0.127. The summed E-state index contributed by atoms with van der Waals surface area (Å²) in [7, 11) is 0. The van der Waals surface area contributed by atoms with Crippen LogP contribution in [0.3, 0.4) is 0 Å². The first-order chi connectivity index (χ1) is 12.7. The van der Waals surface area contributed by atoms with Crippen molar-refractivity contribution in [2.45, 2.75) is 6.04 Å². The molecule has 0 spiro atoms. The molecular formula is C18H14N6O2. The average molecular weight is 346 g/mol. The number of rotatable bonds is 5. The zero-order chi connectivity index (χ0) is 17.9. The number of imidazole rings is 1. The van der Waals surface area contributed by atoms with Gasteiger partial charge in [-0.25, -0.2) is 4.98 Å². The fourth-order valence-corrected chi connectivity index (χ4v) is 2.85. The van der Waals surface area contributed by atoms with Gasteiger partial charge in [0, 0.05) is 17.5 Å². The third-order valence-electron chi connectivity index (χ3n) is 3.98. The first kappa shape index (κ1) is 15.7. The Labute approximate surface area is 148 Å². The van der Waals surface area contributed by atoms with E-state index in [2.05, 4.69) is 15.1 Å². The molecule has 0 unspecified atom stereocenters. The van der Waals surface area contributed by atoms with Gasteiger partial charge < -0.3 is 10.1 Å². The third-order valence-corrected chi connectivity index (χ3v) is 3.98. The number of hydrogen-bond donors (Lipinski definition) is 0. The van der Waals surface area contributed by atoms with Crippen molar-refractivity contribution < 1.29 is 4.92 Å². The number of aromatic nitrogens is 5. The van der Waals surface area contributed by atoms with Gasteiger partial charge in [0.25, 0.3) is 0 Å². The Morgan fingerprint density at radius 3 is 2.08 bits per heavy atom. The molecule has 0 aliphatic heterocycles. The van der Waals surface area contributed by atoms with E-state index < -0.39 is 10.9 Å². The van der Waals surface area contributed by atoms with Crippen LogP contribution in [0.5, 0.6) is 0 Å². The fraction of sp³-hybridized carbons (Fsp3) is 0.0556. The van der Waals surface area contributed by atoms with Crippen LogP contribution in [0.1, 0.15) is 17.2 Å². The third kappa shape index (κ3) is 2.84. The molecule has 0 fully saturated rings. The summed E-state index contributed by atoms with van der Waals surface area (Å²) in [6, 6.07) is 19.0. The van der Waals surface area contributed by atoms with Gasteiger partial charge in [0.2, 0.25) is 0 Å². The van der Waals surface area contributed by atoms with Crippen LogP contribution in [-0.4, -0.2) is 29.2 Å². The predicted octanol–water partition coefficient (Wildman–Crippen LogP) is 3.01. The first-order valence-corrected chi connectivity index (χ1v) is 7.93. The zero-order valence-corrected chi connectivity index (χ0v) is 13.6. The lowest BCUT2D eigenvalue weighted by Crippen LogP contribution is -2.17. The molecule has 128 valence electrons. The van der Waals surface area contributed by atoms with Crippen molar-refractivity contribution in [3.63, 3.8) is 0 Å². The molecule has 0 amide bonds. The Balaban J connectivity index is 1.96. The molecule has 0 saturated heterocycles. The number of nitro groups is 1. The zero-order valence-electron chi connectivity index (χ0n) is 13.6.